The monoisotopic (exact) mass is 238 g/mol. The highest BCUT2D eigenvalue weighted by molar-refractivity contribution is 5.06. The molecule has 0 aromatic carbocycles. The summed E-state index contributed by atoms with van der Waals surface area (Å²) in [4.78, 5) is 0. The smallest absolute Gasteiger partial charge is 0.0337 e. The fraction of sp³-hybridized carbons (Fsp3) is 1.00. The molecule has 2 rings (SSSR count). The van der Waals surface area contributed by atoms with E-state index in [-0.39, 0.29) is 5.54 Å². The first-order chi connectivity index (χ1) is 7.97. The first-order valence-electron chi connectivity index (χ1n) is 7.45. The lowest BCUT2D eigenvalue weighted by Crippen LogP contribution is -2.57. The van der Waals surface area contributed by atoms with Crippen LogP contribution in [0.4, 0.5) is 0 Å². The van der Waals surface area contributed by atoms with E-state index in [9.17, 15) is 0 Å². The van der Waals surface area contributed by atoms with Gasteiger partial charge in [-0.1, -0.05) is 40.0 Å². The van der Waals surface area contributed by atoms with Crippen LogP contribution in [0.3, 0.4) is 0 Å². The summed E-state index contributed by atoms with van der Waals surface area (Å²) in [5.74, 6) is 0.712. The van der Waals surface area contributed by atoms with Crippen LogP contribution in [-0.4, -0.2) is 18.1 Å². The van der Waals surface area contributed by atoms with Crippen molar-refractivity contribution in [3.05, 3.63) is 0 Å². The van der Waals surface area contributed by atoms with Crippen LogP contribution >= 0.6 is 0 Å². The molecule has 100 valence electrons. The normalized spacial score (nSPS) is 38.5. The van der Waals surface area contributed by atoms with E-state index in [1.807, 2.05) is 0 Å². The third kappa shape index (κ3) is 2.85. The number of hydrogen-bond acceptors (Lipinski definition) is 2. The SMILES string of the molecule is CC1CC(C)(C)CC1(CN)NC1CCCCC1. The standard InChI is InChI=1S/C15H30N2/c1-12-9-14(2,3)10-15(12,11-16)17-13-7-5-4-6-8-13/h12-13,17H,4-11,16H2,1-3H3. The molecular formula is C15H30N2. The quantitative estimate of drug-likeness (QED) is 0.793. The minimum Gasteiger partial charge on any atom is -0.329 e. The first kappa shape index (κ1) is 13.4. The van der Waals surface area contributed by atoms with Crippen molar-refractivity contribution < 1.29 is 0 Å². The number of nitrogens with one attached hydrogen (secondary N) is 1. The molecule has 0 spiro atoms. The van der Waals surface area contributed by atoms with Crippen molar-refractivity contribution in [2.24, 2.45) is 17.1 Å². The minimum absolute atomic E-state index is 0.214. The van der Waals surface area contributed by atoms with Gasteiger partial charge >= 0.3 is 0 Å². The van der Waals surface area contributed by atoms with E-state index in [1.54, 1.807) is 0 Å². The van der Waals surface area contributed by atoms with Crippen LogP contribution in [0.1, 0.15) is 65.7 Å². The second kappa shape index (κ2) is 4.89. The van der Waals surface area contributed by atoms with Crippen LogP contribution in [-0.2, 0) is 0 Å². The lowest BCUT2D eigenvalue weighted by Gasteiger charge is -2.39. The van der Waals surface area contributed by atoms with Gasteiger partial charge in [0.05, 0.1) is 0 Å². The number of rotatable bonds is 3. The molecule has 0 heterocycles. The van der Waals surface area contributed by atoms with Gasteiger partial charge in [-0.25, -0.2) is 0 Å². The van der Waals surface area contributed by atoms with Crippen LogP contribution in [0.5, 0.6) is 0 Å². The van der Waals surface area contributed by atoms with Gasteiger partial charge in [0.15, 0.2) is 0 Å². The maximum atomic E-state index is 6.13. The van der Waals surface area contributed by atoms with Crippen LogP contribution < -0.4 is 11.1 Å². The van der Waals surface area contributed by atoms with E-state index in [4.69, 9.17) is 5.73 Å². The molecule has 0 radical (unpaired) electrons. The molecule has 0 bridgehead atoms. The van der Waals surface area contributed by atoms with Gasteiger partial charge in [-0.2, -0.15) is 0 Å². The zero-order valence-electron chi connectivity index (χ0n) is 11.9. The molecule has 0 amide bonds. The summed E-state index contributed by atoms with van der Waals surface area (Å²) in [5, 5.41) is 3.96. The lowest BCUT2D eigenvalue weighted by molar-refractivity contribution is 0.203. The second-order valence-electron chi connectivity index (χ2n) is 7.29. The second-order valence-corrected chi connectivity index (χ2v) is 7.29. The Bertz CT molecular complexity index is 256. The molecule has 0 aromatic rings. The van der Waals surface area contributed by atoms with Crippen molar-refractivity contribution in [3.63, 3.8) is 0 Å². The summed E-state index contributed by atoms with van der Waals surface area (Å²) < 4.78 is 0. The molecule has 2 nitrogen and oxygen atoms in total. The largest absolute Gasteiger partial charge is 0.329 e. The predicted octanol–water partition coefficient (Wildman–Crippen LogP) is 3.06. The Morgan fingerprint density at radius 2 is 1.82 bits per heavy atom. The highest BCUT2D eigenvalue weighted by atomic mass is 15.1. The van der Waals surface area contributed by atoms with Gasteiger partial charge in [0.1, 0.15) is 0 Å². The molecule has 2 saturated carbocycles. The van der Waals surface area contributed by atoms with Crippen molar-refractivity contribution in [1.82, 2.24) is 5.32 Å². The summed E-state index contributed by atoms with van der Waals surface area (Å²) >= 11 is 0. The molecular weight excluding hydrogens is 208 g/mol. The van der Waals surface area contributed by atoms with Gasteiger partial charge in [0, 0.05) is 18.1 Å². The molecule has 3 N–H and O–H groups in total. The van der Waals surface area contributed by atoms with Crippen LogP contribution in [0, 0.1) is 11.3 Å². The summed E-state index contributed by atoms with van der Waals surface area (Å²) in [6.45, 7) is 7.97. The van der Waals surface area contributed by atoms with E-state index >= 15 is 0 Å². The molecule has 0 aromatic heterocycles. The van der Waals surface area contributed by atoms with E-state index < -0.39 is 0 Å². The molecule has 2 aliphatic carbocycles. The molecule has 2 heteroatoms. The van der Waals surface area contributed by atoms with Crippen molar-refractivity contribution >= 4 is 0 Å². The molecule has 0 saturated heterocycles. The highest BCUT2D eigenvalue weighted by Gasteiger charge is 2.48. The van der Waals surface area contributed by atoms with E-state index in [0.29, 0.717) is 11.3 Å². The Labute approximate surface area is 107 Å². The average molecular weight is 238 g/mol. The van der Waals surface area contributed by atoms with Crippen molar-refractivity contribution in [3.8, 4) is 0 Å². The summed E-state index contributed by atoms with van der Waals surface area (Å²) in [7, 11) is 0. The Hall–Kier alpha value is -0.0800. The third-order valence-corrected chi connectivity index (χ3v) is 5.06. The molecule has 2 fully saturated rings. The Morgan fingerprint density at radius 3 is 2.29 bits per heavy atom. The van der Waals surface area contributed by atoms with Gasteiger partial charge in [0.25, 0.3) is 0 Å². The maximum absolute atomic E-state index is 6.13. The summed E-state index contributed by atoms with van der Waals surface area (Å²) in [5.41, 5.74) is 6.81. The topological polar surface area (TPSA) is 38.0 Å². The summed E-state index contributed by atoms with van der Waals surface area (Å²) in [6, 6.07) is 0.726. The lowest BCUT2D eigenvalue weighted by atomic mass is 9.83. The fourth-order valence-electron chi connectivity index (χ4n) is 4.30. The van der Waals surface area contributed by atoms with Gasteiger partial charge in [0.2, 0.25) is 0 Å². The van der Waals surface area contributed by atoms with Gasteiger partial charge < -0.3 is 11.1 Å². The minimum atomic E-state index is 0.214. The molecule has 0 aliphatic heterocycles. The van der Waals surface area contributed by atoms with Gasteiger partial charge in [-0.05, 0) is 37.0 Å². The van der Waals surface area contributed by atoms with E-state index in [1.165, 1.54) is 44.9 Å². The van der Waals surface area contributed by atoms with Crippen LogP contribution in [0.25, 0.3) is 0 Å². The Balaban J connectivity index is 2.03. The van der Waals surface area contributed by atoms with Crippen LogP contribution in [0.2, 0.25) is 0 Å². The average Bonchev–Trinajstić information content (AvgIpc) is 2.50. The highest BCUT2D eigenvalue weighted by Crippen LogP contribution is 2.47. The number of hydrogen-bond donors (Lipinski definition) is 2. The van der Waals surface area contributed by atoms with Crippen molar-refractivity contribution in [1.29, 1.82) is 0 Å². The molecule has 2 aliphatic rings. The molecule has 2 atom stereocenters. The summed E-state index contributed by atoms with van der Waals surface area (Å²) in [6.07, 6.45) is 9.49. The fourth-order valence-corrected chi connectivity index (χ4v) is 4.30. The predicted molar refractivity (Wildman–Crippen MR) is 74.0 cm³/mol. The van der Waals surface area contributed by atoms with Crippen molar-refractivity contribution in [2.45, 2.75) is 77.3 Å². The Morgan fingerprint density at radius 1 is 1.18 bits per heavy atom. The Kier molecular flexibility index (Phi) is 3.84. The van der Waals surface area contributed by atoms with E-state index in [2.05, 4.69) is 26.1 Å². The van der Waals surface area contributed by atoms with Crippen molar-refractivity contribution in [2.75, 3.05) is 6.54 Å². The van der Waals surface area contributed by atoms with Gasteiger partial charge in [-0.15, -0.1) is 0 Å². The zero-order chi connectivity index (χ0) is 12.5. The third-order valence-electron chi connectivity index (χ3n) is 5.06. The molecule has 17 heavy (non-hydrogen) atoms. The number of nitrogens with two attached hydrogens (primary N) is 1. The zero-order valence-corrected chi connectivity index (χ0v) is 11.9. The van der Waals surface area contributed by atoms with Crippen LogP contribution in [0.15, 0.2) is 0 Å². The first-order valence-corrected chi connectivity index (χ1v) is 7.45. The van der Waals surface area contributed by atoms with E-state index in [0.717, 1.165) is 12.6 Å². The maximum Gasteiger partial charge on any atom is 0.0337 e. The molecule has 2 unspecified atom stereocenters. The van der Waals surface area contributed by atoms with Gasteiger partial charge in [-0.3, -0.25) is 0 Å².